The molecule has 0 radical (unpaired) electrons. The highest BCUT2D eigenvalue weighted by atomic mass is 31.2. The molecule has 0 saturated carbocycles. The lowest BCUT2D eigenvalue weighted by Gasteiger charge is -2.19. The van der Waals surface area contributed by atoms with E-state index in [1.807, 2.05) is 0 Å². The Hall–Kier alpha value is -1.19. The Labute approximate surface area is 176 Å². The maximum atomic E-state index is 14.3. The number of unbranched alkanes of at least 4 members (excludes halogenated alkanes) is 7. The zero-order chi connectivity index (χ0) is 22.0. The molecule has 2 rings (SSSR count). The second kappa shape index (κ2) is 12.6. The third kappa shape index (κ3) is 8.15. The van der Waals surface area contributed by atoms with Crippen molar-refractivity contribution < 1.29 is 27.5 Å². The van der Waals surface area contributed by atoms with Crippen LogP contribution in [0.1, 0.15) is 70.9 Å². The lowest BCUT2D eigenvalue weighted by Crippen LogP contribution is -2.35. The number of rotatable bonds is 14. The quantitative estimate of drug-likeness (QED) is 0.323. The molecule has 0 bridgehead atoms. The first-order valence-electron chi connectivity index (χ1n) is 10.5. The van der Waals surface area contributed by atoms with Crippen LogP contribution in [-0.2, 0) is 13.8 Å². The molecule has 3 atom stereocenters. The number of anilines is 1. The van der Waals surface area contributed by atoms with Crippen LogP contribution in [0.15, 0.2) is 17.1 Å². The van der Waals surface area contributed by atoms with Crippen LogP contribution in [0.3, 0.4) is 0 Å². The van der Waals surface area contributed by atoms with E-state index in [1.165, 1.54) is 38.2 Å². The highest BCUT2D eigenvalue weighted by Gasteiger charge is 2.52. The number of hydrogen-bond donors (Lipinski definition) is 2. The van der Waals surface area contributed by atoms with Crippen LogP contribution in [0.4, 0.5) is 14.6 Å². The van der Waals surface area contributed by atoms with Crippen molar-refractivity contribution in [3.8, 4) is 0 Å². The molecule has 1 fully saturated rings. The average Bonchev–Trinajstić information content (AvgIpc) is 2.99. The highest BCUT2D eigenvalue weighted by molar-refractivity contribution is 7.40. The van der Waals surface area contributed by atoms with E-state index in [-0.39, 0.29) is 12.4 Å². The number of nitrogens with two attached hydrogens (primary N) is 1. The maximum absolute atomic E-state index is 14.3. The number of aromatic nitrogens is 2. The fraction of sp³-hybridized carbons (Fsp3) is 0.789. The second-order valence-corrected chi connectivity index (χ2v) is 8.45. The van der Waals surface area contributed by atoms with Gasteiger partial charge in [0, 0.05) is 12.6 Å². The van der Waals surface area contributed by atoms with E-state index in [4.69, 9.17) is 19.5 Å². The third-order valence-electron chi connectivity index (χ3n) is 4.86. The monoisotopic (exact) mass is 451 g/mol. The average molecular weight is 451 g/mol. The minimum atomic E-state index is -3.29. The molecule has 3 N–H and O–H groups in total. The summed E-state index contributed by atoms with van der Waals surface area (Å²) in [5, 5.41) is 0. The number of nitrogens with zero attached hydrogens (tertiary/aromatic N) is 2. The summed E-state index contributed by atoms with van der Waals surface area (Å²) in [6.07, 6.45) is 6.87. The van der Waals surface area contributed by atoms with Gasteiger partial charge in [0.2, 0.25) is 6.23 Å². The Bertz CT molecular complexity index is 694. The minimum Gasteiger partial charge on any atom is -0.383 e. The summed E-state index contributed by atoms with van der Waals surface area (Å²) in [5.41, 5.74) is 4.46. The highest BCUT2D eigenvalue weighted by Crippen LogP contribution is 2.43. The molecule has 0 aliphatic carbocycles. The van der Waals surface area contributed by atoms with Crippen LogP contribution in [-0.4, -0.2) is 39.7 Å². The summed E-state index contributed by atoms with van der Waals surface area (Å²) >= 11 is 0. The first-order valence-corrected chi connectivity index (χ1v) is 11.6. The molecule has 0 spiro atoms. The molecule has 30 heavy (non-hydrogen) atoms. The molecule has 11 heteroatoms. The summed E-state index contributed by atoms with van der Waals surface area (Å²) in [7, 11) is -2.16. The van der Waals surface area contributed by atoms with Crippen molar-refractivity contribution in [1.29, 1.82) is 0 Å². The van der Waals surface area contributed by atoms with Crippen molar-refractivity contribution in [2.45, 2.75) is 83.0 Å². The van der Waals surface area contributed by atoms with E-state index in [0.29, 0.717) is 11.2 Å². The Balaban J connectivity index is 1.64. The Kier molecular flexibility index (Phi) is 10.5. The minimum absolute atomic E-state index is 0.0583. The number of ether oxygens (including phenoxy) is 1. The van der Waals surface area contributed by atoms with Gasteiger partial charge in [-0.1, -0.05) is 51.9 Å². The van der Waals surface area contributed by atoms with E-state index >= 15 is 0 Å². The van der Waals surface area contributed by atoms with Crippen LogP contribution >= 0.6 is 8.60 Å². The van der Waals surface area contributed by atoms with Crippen molar-refractivity contribution in [3.63, 3.8) is 0 Å². The summed E-state index contributed by atoms with van der Waals surface area (Å²) in [4.78, 5) is 25.1. The molecule has 2 heterocycles. The van der Waals surface area contributed by atoms with Gasteiger partial charge in [-0.2, -0.15) is 4.98 Å². The zero-order valence-electron chi connectivity index (χ0n) is 17.3. The predicted molar refractivity (Wildman–Crippen MR) is 110 cm³/mol. The van der Waals surface area contributed by atoms with Gasteiger partial charge in [-0.15, -0.1) is 0 Å². The lowest BCUT2D eigenvalue weighted by atomic mass is 10.1. The van der Waals surface area contributed by atoms with Crippen molar-refractivity contribution in [2.75, 3.05) is 18.9 Å². The number of alkyl halides is 2. The van der Waals surface area contributed by atoms with E-state index in [2.05, 4.69) is 11.9 Å². The largest absolute Gasteiger partial charge is 0.383 e. The first-order chi connectivity index (χ1) is 14.3. The topological polar surface area (TPSA) is 109 Å². The number of hydrogen-bond acceptors (Lipinski definition) is 7. The molecular weight excluding hydrogens is 419 g/mol. The summed E-state index contributed by atoms with van der Waals surface area (Å²) in [5.74, 6) is -3.34. The standard InChI is InChI=1S/C19H32F2N3O5P/c1-2-3-4-5-6-7-8-9-12-27-30(26)28-14-15-13-19(20,21)17(29-15)24-11-10-16(22)23-18(24)25/h10-11,15,17,26H,2-9,12-14H2,1H3,(H2,22,23,25). The SMILES string of the molecule is CCCCCCCCCCOP(O)OCC1CC(F)(F)C(n2ccc(N)nc2=O)O1. The Morgan fingerprint density at radius 2 is 1.93 bits per heavy atom. The first kappa shape index (κ1) is 25.1. The molecule has 1 aromatic rings. The molecule has 0 aromatic carbocycles. The van der Waals surface area contributed by atoms with Gasteiger partial charge in [-0.05, 0) is 12.5 Å². The van der Waals surface area contributed by atoms with Gasteiger partial charge >= 0.3 is 14.3 Å². The van der Waals surface area contributed by atoms with Gasteiger partial charge in [0.05, 0.1) is 19.3 Å². The second-order valence-electron chi connectivity index (χ2n) is 7.46. The van der Waals surface area contributed by atoms with Gasteiger partial charge in [-0.3, -0.25) is 4.57 Å². The van der Waals surface area contributed by atoms with Crippen molar-refractivity contribution in [1.82, 2.24) is 9.55 Å². The van der Waals surface area contributed by atoms with Gasteiger partial charge in [0.15, 0.2) is 0 Å². The maximum Gasteiger partial charge on any atom is 0.351 e. The van der Waals surface area contributed by atoms with Crippen LogP contribution < -0.4 is 11.4 Å². The molecule has 1 aliphatic rings. The predicted octanol–water partition coefficient (Wildman–Crippen LogP) is 4.14. The van der Waals surface area contributed by atoms with E-state index < -0.39 is 39.0 Å². The number of nitrogen functional groups attached to an aromatic ring is 1. The normalized spacial score (nSPS) is 21.7. The molecule has 3 unspecified atom stereocenters. The third-order valence-corrected chi connectivity index (χ3v) is 5.63. The fourth-order valence-corrected chi connectivity index (χ4v) is 3.92. The van der Waals surface area contributed by atoms with Crippen molar-refractivity contribution >= 4 is 14.4 Å². The van der Waals surface area contributed by atoms with Crippen molar-refractivity contribution in [2.24, 2.45) is 0 Å². The van der Waals surface area contributed by atoms with Crippen molar-refractivity contribution in [3.05, 3.63) is 22.7 Å². The van der Waals surface area contributed by atoms with E-state index in [1.54, 1.807) is 0 Å². The van der Waals surface area contributed by atoms with Crippen LogP contribution in [0, 0.1) is 0 Å². The summed E-state index contributed by atoms with van der Waals surface area (Å²) in [6, 6.07) is 1.25. The smallest absolute Gasteiger partial charge is 0.351 e. The van der Waals surface area contributed by atoms with Crippen LogP contribution in [0.25, 0.3) is 0 Å². The summed E-state index contributed by atoms with van der Waals surface area (Å²) in [6.45, 7) is 2.28. The van der Waals surface area contributed by atoms with E-state index in [0.717, 1.165) is 25.5 Å². The molecule has 1 aliphatic heterocycles. The molecular formula is C19H32F2N3O5P. The summed E-state index contributed by atoms with van der Waals surface area (Å²) < 4.78 is 44.9. The fourth-order valence-electron chi connectivity index (χ4n) is 3.27. The molecule has 172 valence electrons. The zero-order valence-corrected chi connectivity index (χ0v) is 18.2. The Morgan fingerprint density at radius 3 is 2.60 bits per heavy atom. The molecule has 0 amide bonds. The Morgan fingerprint density at radius 1 is 1.27 bits per heavy atom. The molecule has 1 aromatic heterocycles. The van der Waals surface area contributed by atoms with Gasteiger partial charge in [0.1, 0.15) is 5.82 Å². The van der Waals surface area contributed by atoms with Gasteiger partial charge < -0.3 is 24.4 Å². The lowest BCUT2D eigenvalue weighted by molar-refractivity contribution is -0.119. The number of halogens is 2. The molecule has 8 nitrogen and oxygen atoms in total. The van der Waals surface area contributed by atoms with Gasteiger partial charge in [-0.25, -0.2) is 13.6 Å². The van der Waals surface area contributed by atoms with Crippen LogP contribution in [0.5, 0.6) is 0 Å². The van der Waals surface area contributed by atoms with E-state index in [9.17, 15) is 18.5 Å². The van der Waals surface area contributed by atoms with Gasteiger partial charge in [0.25, 0.3) is 5.92 Å². The molecule has 1 saturated heterocycles. The van der Waals surface area contributed by atoms with Crippen LogP contribution in [0.2, 0.25) is 0 Å².